The molecule has 1 fully saturated rings. The maximum atomic E-state index is 13.4. The van der Waals surface area contributed by atoms with Gasteiger partial charge in [-0.15, -0.1) is 0 Å². The molecule has 5 atom stereocenters. The first-order chi connectivity index (χ1) is 22.7. The maximum Gasteiger partial charge on any atom is 0.338 e. The maximum absolute atomic E-state index is 13.4. The van der Waals surface area contributed by atoms with Gasteiger partial charge in [0.25, 0.3) is 10.1 Å². The van der Waals surface area contributed by atoms with Crippen LogP contribution in [0, 0.1) is 6.92 Å². The van der Waals surface area contributed by atoms with E-state index >= 15 is 0 Å². The van der Waals surface area contributed by atoms with Gasteiger partial charge in [0.05, 0.1) is 28.2 Å². The highest BCUT2D eigenvalue weighted by Gasteiger charge is 2.53. The topological polar surface area (TPSA) is 141 Å². The standard InChI is InChI=1S/C35H32O11S/c1-23-18-20-27(21-19-23)47(39,40)42-22-28-29(44-32(36)24-12-6-3-7-13-24)30(45-33(37)25-14-8-4-9-15-25)31(35(41-2)43-28)46-34(38)26-16-10-5-11-17-26/h3-21,28-31,35H,22H2,1-2H3/t28-,29+,30-,31-,35-/m0/s1. The number of hydrogen-bond donors (Lipinski definition) is 0. The SMILES string of the molecule is CO[C@H]1O[C@@H](COS(=O)(=O)c2ccc(C)cc2)[C@@H](OC(=O)c2ccccc2)[C@H](OC(=O)c2ccccc2)[C@@H]1OC(=O)c1ccccc1. The first-order valence-corrected chi connectivity index (χ1v) is 16.0. The lowest BCUT2D eigenvalue weighted by Gasteiger charge is -2.44. The Bertz CT molecular complexity index is 1760. The monoisotopic (exact) mass is 660 g/mol. The van der Waals surface area contributed by atoms with E-state index in [0.29, 0.717) is 0 Å². The predicted molar refractivity (Wildman–Crippen MR) is 167 cm³/mol. The molecule has 0 saturated carbocycles. The zero-order chi connectivity index (χ0) is 33.4. The van der Waals surface area contributed by atoms with Gasteiger partial charge in [0, 0.05) is 7.11 Å². The molecule has 4 aromatic rings. The zero-order valence-corrected chi connectivity index (χ0v) is 26.3. The molecule has 0 bridgehead atoms. The van der Waals surface area contributed by atoms with Gasteiger partial charge >= 0.3 is 17.9 Å². The van der Waals surface area contributed by atoms with Crippen molar-refractivity contribution in [3.05, 3.63) is 138 Å². The third-order valence-electron chi connectivity index (χ3n) is 7.28. The Kier molecular flexibility index (Phi) is 10.8. The fourth-order valence-corrected chi connectivity index (χ4v) is 5.75. The quantitative estimate of drug-likeness (QED) is 0.125. The summed E-state index contributed by atoms with van der Waals surface area (Å²) in [6.07, 6.45) is -7.34. The van der Waals surface area contributed by atoms with Gasteiger partial charge in [-0.3, -0.25) is 4.18 Å². The Morgan fingerprint density at radius 2 is 1.04 bits per heavy atom. The van der Waals surface area contributed by atoms with Crippen molar-refractivity contribution in [1.82, 2.24) is 0 Å². The largest absolute Gasteiger partial charge is 0.452 e. The smallest absolute Gasteiger partial charge is 0.338 e. The highest BCUT2D eigenvalue weighted by Crippen LogP contribution is 2.32. The van der Waals surface area contributed by atoms with Gasteiger partial charge in [-0.25, -0.2) is 14.4 Å². The van der Waals surface area contributed by atoms with Crippen LogP contribution in [0.4, 0.5) is 0 Å². The molecule has 4 aromatic carbocycles. The van der Waals surface area contributed by atoms with Gasteiger partial charge in [-0.1, -0.05) is 72.3 Å². The summed E-state index contributed by atoms with van der Waals surface area (Å²) in [6.45, 7) is 1.13. The van der Waals surface area contributed by atoms with Crippen molar-refractivity contribution in [2.45, 2.75) is 42.5 Å². The molecule has 0 amide bonds. The van der Waals surface area contributed by atoms with Gasteiger partial charge < -0.3 is 23.7 Å². The van der Waals surface area contributed by atoms with E-state index in [9.17, 15) is 22.8 Å². The average molecular weight is 661 g/mol. The van der Waals surface area contributed by atoms with E-state index in [0.717, 1.165) is 5.56 Å². The van der Waals surface area contributed by atoms with Crippen LogP contribution in [0.15, 0.2) is 120 Å². The molecule has 1 aliphatic rings. The second kappa shape index (κ2) is 15.1. The fourth-order valence-electron chi connectivity index (χ4n) is 4.83. The van der Waals surface area contributed by atoms with Gasteiger partial charge in [0.15, 0.2) is 24.6 Å². The van der Waals surface area contributed by atoms with Gasteiger partial charge in [0.1, 0.15) is 6.10 Å². The lowest BCUT2D eigenvalue weighted by Crippen LogP contribution is -2.63. The molecule has 47 heavy (non-hydrogen) atoms. The predicted octanol–water partition coefficient (Wildman–Crippen LogP) is 4.75. The average Bonchev–Trinajstić information content (AvgIpc) is 3.10. The lowest BCUT2D eigenvalue weighted by molar-refractivity contribution is -0.290. The van der Waals surface area contributed by atoms with Crippen LogP contribution in [0.25, 0.3) is 0 Å². The highest BCUT2D eigenvalue weighted by atomic mass is 32.2. The van der Waals surface area contributed by atoms with Crippen molar-refractivity contribution in [3.8, 4) is 0 Å². The van der Waals surface area contributed by atoms with Crippen LogP contribution in [0.5, 0.6) is 0 Å². The molecule has 0 radical (unpaired) electrons. The summed E-state index contributed by atoms with van der Waals surface area (Å²) in [7, 11) is -3.05. The molecule has 12 heteroatoms. The van der Waals surface area contributed by atoms with Crippen LogP contribution >= 0.6 is 0 Å². The molecule has 1 aliphatic heterocycles. The Balaban J connectivity index is 1.52. The van der Waals surface area contributed by atoms with Crippen molar-refractivity contribution in [2.75, 3.05) is 13.7 Å². The number of esters is 3. The Labute approximate surface area is 272 Å². The molecule has 5 rings (SSSR count). The van der Waals surface area contributed by atoms with Gasteiger partial charge in [0.2, 0.25) is 0 Å². The lowest BCUT2D eigenvalue weighted by atomic mass is 9.97. The molecular formula is C35H32O11S. The highest BCUT2D eigenvalue weighted by molar-refractivity contribution is 7.86. The number of rotatable bonds is 11. The zero-order valence-electron chi connectivity index (χ0n) is 25.5. The van der Waals surface area contributed by atoms with E-state index in [2.05, 4.69) is 0 Å². The second-order valence-corrected chi connectivity index (χ2v) is 12.2. The number of ether oxygens (including phenoxy) is 5. The number of hydrogen-bond acceptors (Lipinski definition) is 11. The van der Waals surface area contributed by atoms with Crippen molar-refractivity contribution in [3.63, 3.8) is 0 Å². The molecule has 1 saturated heterocycles. The molecule has 0 aromatic heterocycles. The molecule has 0 spiro atoms. The van der Waals surface area contributed by atoms with E-state index in [-0.39, 0.29) is 21.6 Å². The van der Waals surface area contributed by atoms with Crippen LogP contribution in [0.1, 0.15) is 36.6 Å². The summed E-state index contributed by atoms with van der Waals surface area (Å²) in [6, 6.07) is 30.0. The van der Waals surface area contributed by atoms with E-state index in [4.69, 9.17) is 27.9 Å². The molecular weight excluding hydrogens is 628 g/mol. The Morgan fingerprint density at radius 1 is 0.617 bits per heavy atom. The molecule has 0 N–H and O–H groups in total. The van der Waals surface area contributed by atoms with Gasteiger partial charge in [-0.2, -0.15) is 8.42 Å². The summed E-state index contributed by atoms with van der Waals surface area (Å²) < 4.78 is 60.8. The number of carbonyl (C=O) groups is 3. The Morgan fingerprint density at radius 3 is 1.49 bits per heavy atom. The Hall–Kier alpha value is -4.88. The third kappa shape index (κ3) is 8.29. The molecule has 11 nitrogen and oxygen atoms in total. The minimum absolute atomic E-state index is 0.109. The minimum atomic E-state index is -4.31. The third-order valence-corrected chi connectivity index (χ3v) is 8.57. The molecule has 0 unspecified atom stereocenters. The van der Waals surface area contributed by atoms with Crippen molar-refractivity contribution in [1.29, 1.82) is 0 Å². The molecule has 0 aliphatic carbocycles. The van der Waals surface area contributed by atoms with Crippen LogP contribution in [0.3, 0.4) is 0 Å². The second-order valence-electron chi connectivity index (χ2n) is 10.5. The van der Waals surface area contributed by atoms with Crippen LogP contribution in [0.2, 0.25) is 0 Å². The van der Waals surface area contributed by atoms with Crippen molar-refractivity contribution in [2.24, 2.45) is 0 Å². The van der Waals surface area contributed by atoms with E-state index in [1.54, 1.807) is 66.7 Å². The van der Waals surface area contributed by atoms with Crippen LogP contribution < -0.4 is 0 Å². The van der Waals surface area contributed by atoms with Gasteiger partial charge in [-0.05, 0) is 55.5 Å². The van der Waals surface area contributed by atoms with Crippen LogP contribution in [-0.4, -0.2) is 70.7 Å². The number of aryl methyl sites for hydroxylation is 1. The van der Waals surface area contributed by atoms with Crippen LogP contribution in [-0.2, 0) is 38.0 Å². The summed E-state index contributed by atoms with van der Waals surface area (Å²) >= 11 is 0. The summed E-state index contributed by atoms with van der Waals surface area (Å²) in [5.74, 6) is -2.47. The summed E-state index contributed by atoms with van der Waals surface area (Å²) in [5, 5.41) is 0. The molecule has 244 valence electrons. The number of benzene rings is 4. The minimum Gasteiger partial charge on any atom is -0.452 e. The fraction of sp³-hybridized carbons (Fsp3) is 0.229. The molecule has 1 heterocycles. The van der Waals surface area contributed by atoms with Crippen molar-refractivity contribution >= 4 is 28.0 Å². The number of methoxy groups -OCH3 is 1. The summed E-state index contributed by atoms with van der Waals surface area (Å²) in [5.41, 5.74) is 1.33. The first-order valence-electron chi connectivity index (χ1n) is 14.6. The van der Waals surface area contributed by atoms with E-state index in [1.807, 2.05) is 6.92 Å². The number of carbonyl (C=O) groups excluding carboxylic acids is 3. The first kappa shape index (κ1) is 33.5. The van der Waals surface area contributed by atoms with Crippen molar-refractivity contribution < 1.29 is 50.7 Å². The van der Waals surface area contributed by atoms with E-state index < -0.39 is 65.3 Å². The normalized spacial score (nSPS) is 20.9. The van der Waals surface area contributed by atoms with E-state index in [1.165, 1.54) is 55.6 Å². The summed E-state index contributed by atoms with van der Waals surface area (Å²) in [4.78, 5) is 40.0.